The second-order valence-corrected chi connectivity index (χ2v) is 6.60. The van der Waals surface area contributed by atoms with E-state index in [1.807, 2.05) is 36.4 Å². The molecule has 28 heavy (non-hydrogen) atoms. The normalized spacial score (nSPS) is 12.1. The van der Waals surface area contributed by atoms with Gasteiger partial charge in [0.2, 0.25) is 0 Å². The highest BCUT2D eigenvalue weighted by atomic mass is 16.5. The first kappa shape index (κ1) is 19.8. The van der Waals surface area contributed by atoms with Crippen molar-refractivity contribution in [3.8, 4) is 0 Å². The van der Waals surface area contributed by atoms with Crippen molar-refractivity contribution in [3.05, 3.63) is 54.1 Å². The molecule has 0 saturated carbocycles. The lowest BCUT2D eigenvalue weighted by Crippen LogP contribution is -2.37. The van der Waals surface area contributed by atoms with Gasteiger partial charge in [0.25, 0.3) is 0 Å². The van der Waals surface area contributed by atoms with Gasteiger partial charge in [-0.1, -0.05) is 13.0 Å². The van der Waals surface area contributed by atoms with Crippen LogP contribution in [-0.4, -0.2) is 46.2 Å². The lowest BCUT2D eigenvalue weighted by molar-refractivity contribution is 0.119. The fraction of sp³-hybridized carbons (Fsp3) is 0.381. The Morgan fingerprint density at radius 2 is 2.11 bits per heavy atom. The summed E-state index contributed by atoms with van der Waals surface area (Å²) in [6.07, 6.45) is 2.59. The quantitative estimate of drug-likeness (QED) is 0.674. The maximum atomic E-state index is 12.8. The summed E-state index contributed by atoms with van der Waals surface area (Å²) >= 11 is 0. The van der Waals surface area contributed by atoms with Crippen molar-refractivity contribution in [2.24, 2.45) is 0 Å². The summed E-state index contributed by atoms with van der Waals surface area (Å²) in [7, 11) is 3.36. The Morgan fingerprint density at radius 1 is 1.29 bits per heavy atom. The number of aromatic nitrogens is 3. The molecule has 0 fully saturated rings. The molecule has 2 heterocycles. The highest BCUT2D eigenvalue weighted by molar-refractivity contribution is 5.92. The largest absolute Gasteiger partial charge is 0.382 e. The summed E-state index contributed by atoms with van der Waals surface area (Å²) in [5, 5.41) is 2.96. The van der Waals surface area contributed by atoms with Crippen LogP contribution < -0.4 is 5.32 Å². The molecule has 0 aliphatic carbocycles. The predicted molar refractivity (Wildman–Crippen MR) is 110 cm³/mol. The van der Waals surface area contributed by atoms with Crippen LogP contribution in [0.5, 0.6) is 0 Å². The number of carbonyl (C=O) groups excluding carboxylic acids is 1. The fourth-order valence-electron chi connectivity index (χ4n) is 3.36. The minimum absolute atomic E-state index is 0.224. The summed E-state index contributed by atoms with van der Waals surface area (Å²) in [4.78, 5) is 23.5. The van der Waals surface area contributed by atoms with Crippen molar-refractivity contribution >= 4 is 22.8 Å². The number of carbonyl (C=O) groups is 1. The van der Waals surface area contributed by atoms with E-state index in [1.54, 1.807) is 25.3 Å². The number of hydrogen-bond donors (Lipinski definition) is 1. The molecule has 0 aliphatic rings. The Labute approximate surface area is 165 Å². The topological polar surface area (TPSA) is 72.3 Å². The SMILES string of the molecule is CCc1nc2cc(NC(=O)N(C)[C@H](COC)c3ccccn3)ccc2n1CC. The number of amides is 2. The van der Waals surface area contributed by atoms with Gasteiger partial charge < -0.3 is 19.5 Å². The van der Waals surface area contributed by atoms with Crippen LogP contribution in [0, 0.1) is 0 Å². The summed E-state index contributed by atoms with van der Waals surface area (Å²) in [6, 6.07) is 11.0. The molecule has 1 aromatic carbocycles. The van der Waals surface area contributed by atoms with Crippen molar-refractivity contribution in [1.29, 1.82) is 0 Å². The molecular weight excluding hydrogens is 354 g/mol. The zero-order valence-corrected chi connectivity index (χ0v) is 16.8. The monoisotopic (exact) mass is 381 g/mol. The lowest BCUT2D eigenvalue weighted by Gasteiger charge is -2.27. The van der Waals surface area contributed by atoms with Crippen LogP contribution in [0.2, 0.25) is 0 Å². The fourth-order valence-corrected chi connectivity index (χ4v) is 3.36. The van der Waals surface area contributed by atoms with Crippen LogP contribution >= 0.6 is 0 Å². The summed E-state index contributed by atoms with van der Waals surface area (Å²) in [6.45, 7) is 5.44. The zero-order valence-electron chi connectivity index (χ0n) is 16.8. The number of imidazole rings is 1. The van der Waals surface area contributed by atoms with E-state index in [-0.39, 0.29) is 12.1 Å². The lowest BCUT2D eigenvalue weighted by atomic mass is 10.2. The molecule has 1 atom stereocenters. The van der Waals surface area contributed by atoms with Gasteiger partial charge in [-0.3, -0.25) is 4.98 Å². The number of nitrogens with one attached hydrogen (secondary N) is 1. The first-order chi connectivity index (χ1) is 13.6. The molecule has 0 saturated heterocycles. The van der Waals surface area contributed by atoms with Crippen molar-refractivity contribution in [3.63, 3.8) is 0 Å². The molecule has 2 amide bonds. The number of urea groups is 1. The number of methoxy groups -OCH3 is 1. The molecule has 0 radical (unpaired) electrons. The molecule has 7 nitrogen and oxygen atoms in total. The van der Waals surface area contributed by atoms with Crippen LogP contribution in [0.25, 0.3) is 11.0 Å². The van der Waals surface area contributed by atoms with Crippen LogP contribution in [-0.2, 0) is 17.7 Å². The molecule has 7 heteroatoms. The number of rotatable bonds is 7. The van der Waals surface area contributed by atoms with Crippen LogP contribution in [0.4, 0.5) is 10.5 Å². The molecule has 0 unspecified atom stereocenters. The van der Waals surface area contributed by atoms with E-state index in [2.05, 4.69) is 28.7 Å². The average molecular weight is 381 g/mol. The minimum Gasteiger partial charge on any atom is -0.382 e. The second kappa shape index (κ2) is 8.84. The Bertz CT molecular complexity index is 939. The van der Waals surface area contributed by atoms with Crippen molar-refractivity contribution in [2.75, 3.05) is 26.1 Å². The van der Waals surface area contributed by atoms with Gasteiger partial charge in [0.1, 0.15) is 5.82 Å². The number of anilines is 1. The molecule has 148 valence electrons. The van der Waals surface area contributed by atoms with Gasteiger partial charge in [-0.05, 0) is 37.3 Å². The summed E-state index contributed by atoms with van der Waals surface area (Å²) in [5.74, 6) is 1.05. The molecule has 0 bridgehead atoms. The number of ether oxygens (including phenoxy) is 1. The van der Waals surface area contributed by atoms with E-state index in [0.717, 1.165) is 35.5 Å². The average Bonchev–Trinajstić information content (AvgIpc) is 3.09. The van der Waals surface area contributed by atoms with Crippen LogP contribution in [0.15, 0.2) is 42.6 Å². The van der Waals surface area contributed by atoms with E-state index in [0.29, 0.717) is 12.3 Å². The van der Waals surface area contributed by atoms with Gasteiger partial charge in [0.05, 0.1) is 29.4 Å². The highest BCUT2D eigenvalue weighted by Crippen LogP contribution is 2.23. The van der Waals surface area contributed by atoms with Crippen molar-refractivity contribution < 1.29 is 9.53 Å². The molecule has 1 N–H and O–H groups in total. The van der Waals surface area contributed by atoms with Gasteiger partial charge in [-0.2, -0.15) is 0 Å². The Kier molecular flexibility index (Phi) is 6.26. The van der Waals surface area contributed by atoms with Crippen molar-refractivity contribution in [1.82, 2.24) is 19.4 Å². The number of benzene rings is 1. The van der Waals surface area contributed by atoms with Gasteiger partial charge in [-0.15, -0.1) is 0 Å². The van der Waals surface area contributed by atoms with Crippen LogP contribution in [0.3, 0.4) is 0 Å². The zero-order chi connectivity index (χ0) is 20.1. The Hall–Kier alpha value is -2.93. The predicted octanol–water partition coefficient (Wildman–Crippen LogP) is 3.87. The maximum absolute atomic E-state index is 12.8. The van der Waals surface area contributed by atoms with E-state index >= 15 is 0 Å². The number of nitrogens with zero attached hydrogens (tertiary/aromatic N) is 4. The number of fused-ring (bicyclic) bond motifs is 1. The van der Waals surface area contributed by atoms with Gasteiger partial charge in [-0.25, -0.2) is 9.78 Å². The van der Waals surface area contributed by atoms with E-state index in [1.165, 1.54) is 0 Å². The summed E-state index contributed by atoms with van der Waals surface area (Å²) < 4.78 is 7.50. The first-order valence-corrected chi connectivity index (χ1v) is 9.51. The van der Waals surface area contributed by atoms with Gasteiger partial charge >= 0.3 is 6.03 Å². The summed E-state index contributed by atoms with van der Waals surface area (Å²) in [5.41, 5.74) is 3.46. The maximum Gasteiger partial charge on any atom is 0.322 e. The molecule has 0 spiro atoms. The molecule has 3 rings (SSSR count). The molecular formula is C21H27N5O2. The van der Waals surface area contributed by atoms with Crippen molar-refractivity contribution in [2.45, 2.75) is 32.9 Å². The Morgan fingerprint density at radius 3 is 2.75 bits per heavy atom. The van der Waals surface area contributed by atoms with Gasteiger partial charge in [0, 0.05) is 39.0 Å². The number of aryl methyl sites for hydroxylation is 2. The Balaban J connectivity index is 1.81. The van der Waals surface area contributed by atoms with E-state index in [4.69, 9.17) is 9.72 Å². The third-order valence-electron chi connectivity index (χ3n) is 4.85. The standard InChI is InChI=1S/C21H27N5O2/c1-5-20-24-17-13-15(10-11-18(17)26(20)6-2)23-21(27)25(3)19(14-28-4)16-9-7-8-12-22-16/h7-13,19H,5-6,14H2,1-4H3,(H,23,27)/t19-/m1/s1. The third kappa shape index (κ3) is 3.99. The second-order valence-electron chi connectivity index (χ2n) is 6.60. The first-order valence-electron chi connectivity index (χ1n) is 9.51. The minimum atomic E-state index is -0.277. The van der Waals surface area contributed by atoms with E-state index in [9.17, 15) is 4.79 Å². The molecule has 3 aromatic rings. The molecule has 0 aliphatic heterocycles. The molecule has 2 aromatic heterocycles. The number of pyridine rings is 1. The number of hydrogen-bond acceptors (Lipinski definition) is 4. The van der Waals surface area contributed by atoms with E-state index < -0.39 is 0 Å². The smallest absolute Gasteiger partial charge is 0.322 e. The van der Waals surface area contributed by atoms with Crippen LogP contribution in [0.1, 0.15) is 31.4 Å². The highest BCUT2D eigenvalue weighted by Gasteiger charge is 2.23. The third-order valence-corrected chi connectivity index (χ3v) is 4.85. The van der Waals surface area contributed by atoms with Gasteiger partial charge in [0.15, 0.2) is 0 Å². The number of likely N-dealkylation sites (N-methyl/N-ethyl adjacent to an activating group) is 1.